The second-order valence-electron chi connectivity index (χ2n) is 6.57. The summed E-state index contributed by atoms with van der Waals surface area (Å²) in [5, 5.41) is 13.1. The number of hydrogen-bond donors (Lipinski definition) is 1. The summed E-state index contributed by atoms with van der Waals surface area (Å²) in [6.45, 7) is 0.700. The van der Waals surface area contributed by atoms with Gasteiger partial charge in [0.1, 0.15) is 24.0 Å². The van der Waals surface area contributed by atoms with E-state index in [9.17, 15) is 10.1 Å². The van der Waals surface area contributed by atoms with Crippen LogP contribution in [-0.2, 0) is 17.9 Å². The molecule has 0 aromatic heterocycles. The average Bonchev–Trinajstić information content (AvgIpc) is 2.78. The van der Waals surface area contributed by atoms with Crippen LogP contribution in [0.15, 0.2) is 72.3 Å². The Bertz CT molecular complexity index is 1160. The average molecular weight is 563 g/mol. The molecule has 156 valence electrons. The van der Waals surface area contributed by atoms with Crippen LogP contribution in [0, 0.1) is 14.9 Å². The van der Waals surface area contributed by atoms with Crippen LogP contribution in [0.3, 0.4) is 0 Å². The molecule has 0 saturated carbocycles. The Morgan fingerprint density at radius 3 is 2.48 bits per heavy atom. The SMILES string of the molecule is N#C/C(=C/c1ccc(OCc2ccc(Cl)c(Cl)c2)c(I)c1)C(=O)NCc1ccccc1. The van der Waals surface area contributed by atoms with Crippen LogP contribution in [-0.4, -0.2) is 5.91 Å². The Kier molecular flexibility index (Phi) is 8.35. The summed E-state index contributed by atoms with van der Waals surface area (Å²) in [6.07, 6.45) is 1.56. The first kappa shape index (κ1) is 23.1. The molecule has 1 N–H and O–H groups in total. The van der Waals surface area contributed by atoms with Crippen molar-refractivity contribution in [3.8, 4) is 11.8 Å². The van der Waals surface area contributed by atoms with E-state index < -0.39 is 5.91 Å². The zero-order chi connectivity index (χ0) is 22.2. The van der Waals surface area contributed by atoms with Gasteiger partial charge in [-0.15, -0.1) is 0 Å². The van der Waals surface area contributed by atoms with Crippen LogP contribution < -0.4 is 10.1 Å². The standard InChI is InChI=1S/C24H17Cl2IN2O2/c25-20-8-6-18(11-21(20)26)15-31-23-9-7-17(12-22(23)27)10-19(13-28)24(30)29-14-16-4-2-1-3-5-16/h1-12H,14-15H2,(H,29,30)/b19-10-. The fourth-order valence-electron chi connectivity index (χ4n) is 2.70. The maximum absolute atomic E-state index is 12.4. The summed E-state index contributed by atoms with van der Waals surface area (Å²) in [7, 11) is 0. The maximum Gasteiger partial charge on any atom is 0.262 e. The quantitative estimate of drug-likeness (QED) is 0.206. The molecule has 0 heterocycles. The molecule has 0 atom stereocenters. The summed E-state index contributed by atoms with van der Waals surface area (Å²) in [5.41, 5.74) is 2.64. The second kappa shape index (κ2) is 11.2. The minimum atomic E-state index is -0.415. The van der Waals surface area contributed by atoms with Crippen LogP contribution in [0.2, 0.25) is 10.0 Å². The zero-order valence-corrected chi connectivity index (χ0v) is 19.9. The van der Waals surface area contributed by atoms with Crippen molar-refractivity contribution in [2.75, 3.05) is 0 Å². The second-order valence-corrected chi connectivity index (χ2v) is 8.54. The molecule has 4 nitrogen and oxygen atoms in total. The lowest BCUT2D eigenvalue weighted by molar-refractivity contribution is -0.117. The van der Waals surface area contributed by atoms with Gasteiger partial charge in [0.15, 0.2) is 0 Å². The largest absolute Gasteiger partial charge is 0.488 e. The molecule has 1 amide bonds. The maximum atomic E-state index is 12.4. The molecular weight excluding hydrogens is 546 g/mol. The lowest BCUT2D eigenvalue weighted by Crippen LogP contribution is -2.23. The third-order valence-corrected chi connectivity index (χ3v) is 5.89. The van der Waals surface area contributed by atoms with Gasteiger partial charge in [-0.1, -0.05) is 65.7 Å². The van der Waals surface area contributed by atoms with E-state index in [2.05, 4.69) is 27.9 Å². The number of rotatable bonds is 7. The Labute approximate surface area is 204 Å². The fraction of sp³-hybridized carbons (Fsp3) is 0.0833. The van der Waals surface area contributed by atoms with Crippen LogP contribution in [0.5, 0.6) is 5.75 Å². The molecule has 0 bridgehead atoms. The van der Waals surface area contributed by atoms with Crippen molar-refractivity contribution in [1.82, 2.24) is 5.32 Å². The van der Waals surface area contributed by atoms with Gasteiger partial charge in [-0.2, -0.15) is 5.26 Å². The lowest BCUT2D eigenvalue weighted by Gasteiger charge is -2.10. The molecule has 3 aromatic carbocycles. The highest BCUT2D eigenvalue weighted by Crippen LogP contribution is 2.26. The number of nitrogens with one attached hydrogen (secondary N) is 1. The van der Waals surface area contributed by atoms with Crippen molar-refractivity contribution in [2.24, 2.45) is 0 Å². The topological polar surface area (TPSA) is 62.1 Å². The fourth-order valence-corrected chi connectivity index (χ4v) is 3.72. The number of ether oxygens (including phenoxy) is 1. The smallest absolute Gasteiger partial charge is 0.262 e. The minimum Gasteiger partial charge on any atom is -0.488 e. The van der Waals surface area contributed by atoms with Gasteiger partial charge in [-0.05, 0) is 69.6 Å². The summed E-state index contributed by atoms with van der Waals surface area (Å²) in [4.78, 5) is 12.4. The predicted molar refractivity (Wildman–Crippen MR) is 132 cm³/mol. The van der Waals surface area contributed by atoms with E-state index in [1.165, 1.54) is 0 Å². The van der Waals surface area contributed by atoms with Gasteiger partial charge in [0, 0.05) is 6.54 Å². The molecule has 0 fully saturated rings. The molecule has 3 aromatic rings. The molecule has 3 rings (SSSR count). The first-order chi connectivity index (χ1) is 15.0. The zero-order valence-electron chi connectivity index (χ0n) is 16.2. The summed E-state index contributed by atoms with van der Waals surface area (Å²) in [5.74, 6) is 0.275. The van der Waals surface area contributed by atoms with E-state index >= 15 is 0 Å². The summed E-state index contributed by atoms with van der Waals surface area (Å²) >= 11 is 14.1. The van der Waals surface area contributed by atoms with Gasteiger partial charge in [-0.25, -0.2) is 0 Å². The highest BCUT2D eigenvalue weighted by molar-refractivity contribution is 14.1. The molecule has 0 radical (unpaired) electrons. The van der Waals surface area contributed by atoms with Crippen molar-refractivity contribution in [3.63, 3.8) is 0 Å². The van der Waals surface area contributed by atoms with Crippen molar-refractivity contribution >= 4 is 57.8 Å². The molecule has 7 heteroatoms. The van der Waals surface area contributed by atoms with E-state index in [0.717, 1.165) is 20.3 Å². The van der Waals surface area contributed by atoms with E-state index in [1.807, 2.05) is 54.6 Å². The summed E-state index contributed by atoms with van der Waals surface area (Å²) in [6, 6.07) is 22.3. The van der Waals surface area contributed by atoms with E-state index in [1.54, 1.807) is 24.3 Å². The number of nitriles is 1. The van der Waals surface area contributed by atoms with Crippen molar-refractivity contribution in [1.29, 1.82) is 5.26 Å². The number of benzene rings is 3. The van der Waals surface area contributed by atoms with Gasteiger partial charge < -0.3 is 10.1 Å². The Morgan fingerprint density at radius 2 is 1.81 bits per heavy atom. The van der Waals surface area contributed by atoms with E-state index in [0.29, 0.717) is 28.9 Å². The molecule has 0 aliphatic rings. The Hall–Kier alpha value is -2.53. The number of halogens is 3. The van der Waals surface area contributed by atoms with Gasteiger partial charge in [-0.3, -0.25) is 4.79 Å². The number of carbonyl (C=O) groups excluding carboxylic acids is 1. The van der Waals surface area contributed by atoms with Gasteiger partial charge >= 0.3 is 0 Å². The molecular formula is C24H17Cl2IN2O2. The highest BCUT2D eigenvalue weighted by atomic mass is 127. The molecule has 31 heavy (non-hydrogen) atoms. The molecule has 0 unspecified atom stereocenters. The highest BCUT2D eigenvalue weighted by Gasteiger charge is 2.10. The molecule has 0 aliphatic heterocycles. The van der Waals surface area contributed by atoms with Crippen molar-refractivity contribution < 1.29 is 9.53 Å². The van der Waals surface area contributed by atoms with Gasteiger partial charge in [0.2, 0.25) is 0 Å². The van der Waals surface area contributed by atoms with Crippen LogP contribution in [0.25, 0.3) is 6.08 Å². The minimum absolute atomic E-state index is 0.0382. The number of amides is 1. The molecule has 0 saturated heterocycles. The first-order valence-corrected chi connectivity index (χ1v) is 11.1. The van der Waals surface area contributed by atoms with Gasteiger partial charge in [0.25, 0.3) is 5.91 Å². The summed E-state index contributed by atoms with van der Waals surface area (Å²) < 4.78 is 6.72. The van der Waals surface area contributed by atoms with Crippen LogP contribution >= 0.6 is 45.8 Å². The normalized spacial score (nSPS) is 11.0. The third-order valence-electron chi connectivity index (χ3n) is 4.31. The van der Waals surface area contributed by atoms with Crippen molar-refractivity contribution in [3.05, 3.63) is 103 Å². The molecule has 0 aliphatic carbocycles. The third kappa shape index (κ3) is 6.73. The Morgan fingerprint density at radius 1 is 1.03 bits per heavy atom. The Balaban J connectivity index is 1.65. The van der Waals surface area contributed by atoms with Crippen molar-refractivity contribution in [2.45, 2.75) is 13.2 Å². The number of hydrogen-bond acceptors (Lipinski definition) is 3. The molecule has 0 spiro atoms. The predicted octanol–water partition coefficient (Wildman–Crippen LogP) is 6.40. The number of nitrogens with zero attached hydrogens (tertiary/aromatic N) is 1. The van der Waals surface area contributed by atoms with Gasteiger partial charge in [0.05, 0.1) is 13.6 Å². The van der Waals surface area contributed by atoms with E-state index in [4.69, 9.17) is 27.9 Å². The lowest BCUT2D eigenvalue weighted by atomic mass is 10.1. The van der Waals surface area contributed by atoms with Crippen LogP contribution in [0.4, 0.5) is 0 Å². The first-order valence-electron chi connectivity index (χ1n) is 9.26. The van der Waals surface area contributed by atoms with Crippen LogP contribution in [0.1, 0.15) is 16.7 Å². The monoisotopic (exact) mass is 562 g/mol. The van der Waals surface area contributed by atoms with E-state index in [-0.39, 0.29) is 5.57 Å². The number of carbonyl (C=O) groups is 1.